The average molecular weight is 314 g/mol. The topological polar surface area (TPSA) is 89.7 Å². The van der Waals surface area contributed by atoms with Crippen LogP contribution in [0.4, 0.5) is 5.69 Å². The van der Waals surface area contributed by atoms with Crippen molar-refractivity contribution in [1.82, 2.24) is 0 Å². The van der Waals surface area contributed by atoms with Crippen molar-refractivity contribution >= 4 is 34.6 Å². The second-order valence-corrected chi connectivity index (χ2v) is 5.31. The number of halogens is 1. The number of non-ortho nitro benzene ring substituents is 1. The normalized spacial score (nSPS) is 10.2. The SMILES string of the molecule is O=C(O)c1ccc(COc2ccc([N+](=O)[O-])cc2Cl)s1. The molecule has 0 bridgehead atoms. The van der Waals surface area contributed by atoms with E-state index in [1.807, 2.05) is 0 Å². The second-order valence-electron chi connectivity index (χ2n) is 3.73. The third-order valence-electron chi connectivity index (χ3n) is 2.37. The molecule has 0 unspecified atom stereocenters. The van der Waals surface area contributed by atoms with Gasteiger partial charge >= 0.3 is 5.97 Å². The molecular weight excluding hydrogens is 306 g/mol. The smallest absolute Gasteiger partial charge is 0.345 e. The monoisotopic (exact) mass is 313 g/mol. The molecule has 0 atom stereocenters. The summed E-state index contributed by atoms with van der Waals surface area (Å²) in [6.07, 6.45) is 0. The van der Waals surface area contributed by atoms with Crippen molar-refractivity contribution in [2.24, 2.45) is 0 Å². The Balaban J connectivity index is 2.06. The predicted molar refractivity (Wildman–Crippen MR) is 73.7 cm³/mol. The molecule has 0 amide bonds. The number of ether oxygens (including phenoxy) is 1. The number of aromatic carboxylic acids is 1. The molecule has 0 saturated heterocycles. The molecule has 2 aromatic rings. The fourth-order valence-electron chi connectivity index (χ4n) is 1.44. The number of hydrogen-bond acceptors (Lipinski definition) is 5. The summed E-state index contributed by atoms with van der Waals surface area (Å²) < 4.78 is 5.41. The molecule has 0 aliphatic rings. The van der Waals surface area contributed by atoms with Crippen LogP contribution in [0.5, 0.6) is 5.75 Å². The Labute approximate surface area is 122 Å². The standard InChI is InChI=1S/C12H8ClNO5S/c13-9-5-7(14(17)18)1-3-10(9)19-6-8-2-4-11(20-8)12(15)16/h1-5H,6H2,(H,15,16). The van der Waals surface area contributed by atoms with Crippen molar-refractivity contribution in [3.63, 3.8) is 0 Å². The molecule has 1 aromatic heterocycles. The maximum atomic E-state index is 10.7. The van der Waals surface area contributed by atoms with Crippen LogP contribution in [0.25, 0.3) is 0 Å². The van der Waals surface area contributed by atoms with E-state index < -0.39 is 10.9 Å². The number of nitro groups is 1. The first-order valence-corrected chi connectivity index (χ1v) is 6.55. The van der Waals surface area contributed by atoms with E-state index in [2.05, 4.69) is 0 Å². The number of rotatable bonds is 5. The third kappa shape index (κ3) is 3.25. The van der Waals surface area contributed by atoms with Crippen LogP contribution in [-0.4, -0.2) is 16.0 Å². The van der Waals surface area contributed by atoms with Crippen LogP contribution >= 0.6 is 22.9 Å². The fourth-order valence-corrected chi connectivity index (χ4v) is 2.43. The quantitative estimate of drug-likeness (QED) is 0.673. The van der Waals surface area contributed by atoms with Gasteiger partial charge < -0.3 is 9.84 Å². The van der Waals surface area contributed by atoms with Crippen LogP contribution in [0.1, 0.15) is 14.5 Å². The predicted octanol–water partition coefficient (Wildman–Crippen LogP) is 3.59. The molecule has 0 saturated carbocycles. The molecule has 0 spiro atoms. The van der Waals surface area contributed by atoms with Crippen molar-refractivity contribution in [2.75, 3.05) is 0 Å². The zero-order valence-corrected chi connectivity index (χ0v) is 11.5. The summed E-state index contributed by atoms with van der Waals surface area (Å²) in [6, 6.07) is 7.04. The van der Waals surface area contributed by atoms with E-state index in [1.54, 1.807) is 6.07 Å². The van der Waals surface area contributed by atoms with Gasteiger partial charge in [0.2, 0.25) is 0 Å². The number of carbonyl (C=O) groups is 1. The lowest BCUT2D eigenvalue weighted by atomic mass is 10.3. The summed E-state index contributed by atoms with van der Waals surface area (Å²) >= 11 is 6.97. The van der Waals surface area contributed by atoms with Crippen molar-refractivity contribution in [2.45, 2.75) is 6.61 Å². The molecular formula is C12H8ClNO5S. The van der Waals surface area contributed by atoms with E-state index in [-0.39, 0.29) is 22.2 Å². The maximum absolute atomic E-state index is 10.7. The molecule has 1 aromatic carbocycles. The maximum Gasteiger partial charge on any atom is 0.345 e. The highest BCUT2D eigenvalue weighted by Crippen LogP contribution is 2.29. The lowest BCUT2D eigenvalue weighted by molar-refractivity contribution is -0.384. The molecule has 20 heavy (non-hydrogen) atoms. The van der Waals surface area contributed by atoms with Gasteiger partial charge in [-0.15, -0.1) is 11.3 Å². The highest BCUT2D eigenvalue weighted by Gasteiger charge is 2.11. The number of nitrogens with zero attached hydrogens (tertiary/aromatic N) is 1. The first kappa shape index (κ1) is 14.3. The molecule has 0 aliphatic heterocycles. The highest BCUT2D eigenvalue weighted by molar-refractivity contribution is 7.13. The Morgan fingerprint density at radius 2 is 2.15 bits per heavy atom. The van der Waals surface area contributed by atoms with Gasteiger partial charge in [0.05, 0.1) is 9.95 Å². The largest absolute Gasteiger partial charge is 0.487 e. The zero-order valence-electron chi connectivity index (χ0n) is 9.91. The Morgan fingerprint density at radius 1 is 1.40 bits per heavy atom. The molecule has 2 rings (SSSR count). The molecule has 8 heteroatoms. The van der Waals surface area contributed by atoms with Crippen LogP contribution < -0.4 is 4.74 Å². The summed E-state index contributed by atoms with van der Waals surface area (Å²) in [5.74, 6) is -0.683. The van der Waals surface area contributed by atoms with Crippen molar-refractivity contribution < 1.29 is 19.6 Å². The first-order chi connectivity index (χ1) is 9.47. The Morgan fingerprint density at radius 3 is 2.70 bits per heavy atom. The van der Waals surface area contributed by atoms with Gasteiger partial charge in [-0.1, -0.05) is 11.6 Å². The minimum Gasteiger partial charge on any atom is -0.487 e. The molecule has 0 fully saturated rings. The Kier molecular flexibility index (Phi) is 4.21. The summed E-state index contributed by atoms with van der Waals surface area (Å²) in [7, 11) is 0. The Hall–Kier alpha value is -2.12. The van der Waals surface area contributed by atoms with Gasteiger partial charge in [0.25, 0.3) is 5.69 Å². The number of thiophene rings is 1. The van der Waals surface area contributed by atoms with Crippen LogP contribution in [0.3, 0.4) is 0 Å². The van der Waals surface area contributed by atoms with E-state index in [4.69, 9.17) is 21.4 Å². The number of nitro benzene ring substituents is 1. The van der Waals surface area contributed by atoms with E-state index >= 15 is 0 Å². The highest BCUT2D eigenvalue weighted by atomic mass is 35.5. The molecule has 0 aliphatic carbocycles. The molecule has 0 radical (unpaired) electrons. The minimum atomic E-state index is -0.991. The average Bonchev–Trinajstić information content (AvgIpc) is 2.86. The van der Waals surface area contributed by atoms with Gasteiger partial charge in [-0.05, 0) is 18.2 Å². The van der Waals surface area contributed by atoms with Gasteiger partial charge in [-0.2, -0.15) is 0 Å². The summed E-state index contributed by atoms with van der Waals surface area (Å²) in [4.78, 5) is 21.7. The van der Waals surface area contributed by atoms with Crippen molar-refractivity contribution in [1.29, 1.82) is 0 Å². The van der Waals surface area contributed by atoms with E-state index in [9.17, 15) is 14.9 Å². The number of carboxylic acids is 1. The van der Waals surface area contributed by atoms with Crippen molar-refractivity contribution in [3.05, 3.63) is 55.2 Å². The van der Waals surface area contributed by atoms with Crippen LogP contribution in [0.15, 0.2) is 30.3 Å². The van der Waals surface area contributed by atoms with Crippen LogP contribution in [0, 0.1) is 10.1 Å². The second kappa shape index (κ2) is 5.89. The van der Waals surface area contributed by atoms with Gasteiger partial charge in [0.15, 0.2) is 0 Å². The first-order valence-electron chi connectivity index (χ1n) is 5.36. The molecule has 104 valence electrons. The number of hydrogen-bond donors (Lipinski definition) is 1. The van der Waals surface area contributed by atoms with Crippen LogP contribution in [-0.2, 0) is 6.61 Å². The zero-order chi connectivity index (χ0) is 14.7. The number of benzene rings is 1. The lowest BCUT2D eigenvalue weighted by Gasteiger charge is -2.06. The number of carboxylic acid groups (broad SMARTS) is 1. The van der Waals surface area contributed by atoms with E-state index in [1.165, 1.54) is 24.3 Å². The van der Waals surface area contributed by atoms with E-state index in [0.717, 1.165) is 16.2 Å². The molecule has 1 heterocycles. The van der Waals surface area contributed by atoms with Crippen molar-refractivity contribution in [3.8, 4) is 5.75 Å². The summed E-state index contributed by atoms with van der Waals surface area (Å²) in [6.45, 7) is 0.148. The third-order valence-corrected chi connectivity index (χ3v) is 3.71. The minimum absolute atomic E-state index is 0.119. The molecule has 1 N–H and O–H groups in total. The summed E-state index contributed by atoms with van der Waals surface area (Å²) in [5.41, 5.74) is -0.119. The fraction of sp³-hybridized carbons (Fsp3) is 0.0833. The molecule has 6 nitrogen and oxygen atoms in total. The lowest BCUT2D eigenvalue weighted by Crippen LogP contribution is -1.95. The summed E-state index contributed by atoms with van der Waals surface area (Å²) in [5, 5.41) is 19.5. The van der Waals surface area contributed by atoms with Gasteiger partial charge in [0, 0.05) is 17.0 Å². The van der Waals surface area contributed by atoms with Crippen LogP contribution in [0.2, 0.25) is 5.02 Å². The van der Waals surface area contributed by atoms with E-state index in [0.29, 0.717) is 5.75 Å². The Bertz CT molecular complexity index is 670. The van der Waals surface area contributed by atoms with Gasteiger partial charge in [-0.3, -0.25) is 10.1 Å². The van der Waals surface area contributed by atoms with Gasteiger partial charge in [0.1, 0.15) is 17.2 Å². The van der Waals surface area contributed by atoms with Gasteiger partial charge in [-0.25, -0.2) is 4.79 Å².